The Labute approximate surface area is 107 Å². The zero-order valence-corrected chi connectivity index (χ0v) is 10.9. The maximum Gasteiger partial charge on any atom is 0.120 e. The van der Waals surface area contributed by atoms with E-state index in [0.717, 1.165) is 28.3 Å². The van der Waals surface area contributed by atoms with Crippen LogP contribution in [0.1, 0.15) is 0 Å². The lowest BCUT2D eigenvalue weighted by atomic mass is 10.0. The molecule has 0 heterocycles. The first-order chi connectivity index (χ1) is 8.78. The fourth-order valence-electron chi connectivity index (χ4n) is 1.88. The van der Waals surface area contributed by atoms with Gasteiger partial charge in [0.05, 0.1) is 14.2 Å². The van der Waals surface area contributed by atoms with Gasteiger partial charge >= 0.3 is 0 Å². The van der Waals surface area contributed by atoms with Crippen LogP contribution in [-0.2, 0) is 0 Å². The molecule has 0 amide bonds. The van der Waals surface area contributed by atoms with Crippen LogP contribution >= 0.6 is 0 Å². The van der Waals surface area contributed by atoms with Gasteiger partial charge in [0.25, 0.3) is 0 Å². The highest BCUT2D eigenvalue weighted by Gasteiger charge is 2.05. The number of nitrogens with one attached hydrogen (secondary N) is 1. The molecule has 0 aromatic heterocycles. The largest absolute Gasteiger partial charge is 0.497 e. The summed E-state index contributed by atoms with van der Waals surface area (Å²) < 4.78 is 10.4. The summed E-state index contributed by atoms with van der Waals surface area (Å²) in [5.41, 5.74) is 3.32. The Morgan fingerprint density at radius 1 is 0.833 bits per heavy atom. The van der Waals surface area contributed by atoms with Crippen molar-refractivity contribution < 1.29 is 9.47 Å². The van der Waals surface area contributed by atoms with Gasteiger partial charge in [-0.05, 0) is 29.8 Å². The summed E-state index contributed by atoms with van der Waals surface area (Å²) in [4.78, 5) is 0. The summed E-state index contributed by atoms with van der Waals surface area (Å²) in [7, 11) is 5.24. The molecule has 0 aliphatic rings. The Bertz CT molecular complexity index is 521. The summed E-state index contributed by atoms with van der Waals surface area (Å²) >= 11 is 0. The lowest BCUT2D eigenvalue weighted by molar-refractivity contribution is 0.414. The average molecular weight is 243 g/mol. The van der Waals surface area contributed by atoms with Crippen molar-refractivity contribution in [3.63, 3.8) is 0 Å². The van der Waals surface area contributed by atoms with E-state index in [1.807, 2.05) is 49.5 Å². The van der Waals surface area contributed by atoms with E-state index in [2.05, 4.69) is 5.32 Å². The molecule has 0 atom stereocenters. The van der Waals surface area contributed by atoms with E-state index >= 15 is 0 Å². The van der Waals surface area contributed by atoms with Crippen LogP contribution in [-0.4, -0.2) is 21.3 Å². The van der Waals surface area contributed by atoms with Gasteiger partial charge < -0.3 is 14.8 Å². The molecule has 0 unspecified atom stereocenters. The van der Waals surface area contributed by atoms with Gasteiger partial charge in [0.1, 0.15) is 11.5 Å². The highest BCUT2D eigenvalue weighted by Crippen LogP contribution is 2.32. The Kier molecular flexibility index (Phi) is 3.72. The first-order valence-corrected chi connectivity index (χ1v) is 5.78. The molecule has 3 nitrogen and oxygen atoms in total. The molecule has 0 bridgehead atoms. The first kappa shape index (κ1) is 12.3. The van der Waals surface area contributed by atoms with Crippen LogP contribution in [0.3, 0.4) is 0 Å². The van der Waals surface area contributed by atoms with E-state index < -0.39 is 0 Å². The van der Waals surface area contributed by atoms with Gasteiger partial charge in [0.15, 0.2) is 0 Å². The van der Waals surface area contributed by atoms with Crippen molar-refractivity contribution >= 4 is 5.69 Å². The van der Waals surface area contributed by atoms with Gasteiger partial charge in [-0.1, -0.05) is 12.1 Å². The maximum absolute atomic E-state index is 5.22. The molecule has 2 rings (SSSR count). The third-order valence-corrected chi connectivity index (χ3v) is 2.90. The van der Waals surface area contributed by atoms with Crippen molar-refractivity contribution in [2.75, 3.05) is 26.6 Å². The molecule has 0 aliphatic carbocycles. The number of hydrogen-bond acceptors (Lipinski definition) is 3. The van der Waals surface area contributed by atoms with Gasteiger partial charge in [-0.3, -0.25) is 0 Å². The van der Waals surface area contributed by atoms with Gasteiger partial charge in [-0.2, -0.15) is 0 Å². The Balaban J connectivity index is 2.42. The molecule has 0 aliphatic heterocycles. The molecular weight excluding hydrogens is 226 g/mol. The number of methoxy groups -OCH3 is 2. The topological polar surface area (TPSA) is 30.5 Å². The van der Waals surface area contributed by atoms with Gasteiger partial charge in [-0.25, -0.2) is 0 Å². The summed E-state index contributed by atoms with van der Waals surface area (Å²) in [5, 5.41) is 3.19. The van der Waals surface area contributed by atoms with Crippen LogP contribution in [0.2, 0.25) is 0 Å². The Hall–Kier alpha value is -2.16. The predicted octanol–water partition coefficient (Wildman–Crippen LogP) is 3.41. The van der Waals surface area contributed by atoms with E-state index in [1.54, 1.807) is 14.2 Å². The molecule has 2 aromatic carbocycles. The van der Waals surface area contributed by atoms with Crippen LogP contribution < -0.4 is 14.8 Å². The summed E-state index contributed by atoms with van der Waals surface area (Å²) in [5.74, 6) is 1.70. The highest BCUT2D eigenvalue weighted by molar-refractivity contribution is 5.79. The highest BCUT2D eigenvalue weighted by atomic mass is 16.5. The maximum atomic E-state index is 5.22. The second-order valence-corrected chi connectivity index (χ2v) is 3.89. The minimum absolute atomic E-state index is 0.844. The van der Waals surface area contributed by atoms with Crippen molar-refractivity contribution in [2.24, 2.45) is 0 Å². The molecular formula is C15H17NO2. The molecule has 0 radical (unpaired) electrons. The molecule has 0 saturated carbocycles. The number of benzene rings is 2. The van der Waals surface area contributed by atoms with Crippen LogP contribution in [0.15, 0.2) is 42.5 Å². The Morgan fingerprint density at radius 3 is 2.00 bits per heavy atom. The summed E-state index contributed by atoms with van der Waals surface area (Å²) in [6, 6.07) is 14.0. The van der Waals surface area contributed by atoms with Crippen LogP contribution in [0.4, 0.5) is 5.69 Å². The normalized spacial score (nSPS) is 9.94. The molecule has 0 spiro atoms. The quantitative estimate of drug-likeness (QED) is 0.892. The molecule has 0 fully saturated rings. The van der Waals surface area contributed by atoms with E-state index in [1.165, 1.54) is 0 Å². The summed E-state index contributed by atoms with van der Waals surface area (Å²) in [6.07, 6.45) is 0. The number of rotatable bonds is 4. The third-order valence-electron chi connectivity index (χ3n) is 2.90. The lowest BCUT2D eigenvalue weighted by Gasteiger charge is -2.11. The minimum atomic E-state index is 0.844. The number of ether oxygens (including phenoxy) is 2. The zero-order chi connectivity index (χ0) is 13.0. The molecule has 1 N–H and O–H groups in total. The SMILES string of the molecule is CNc1cc(OC)ccc1-c1ccc(OC)cc1. The van der Waals surface area contributed by atoms with Crippen LogP contribution in [0, 0.1) is 0 Å². The summed E-state index contributed by atoms with van der Waals surface area (Å²) in [6.45, 7) is 0. The van der Waals surface area contributed by atoms with Crippen molar-refractivity contribution in [3.05, 3.63) is 42.5 Å². The van der Waals surface area contributed by atoms with Crippen LogP contribution in [0.5, 0.6) is 11.5 Å². The van der Waals surface area contributed by atoms with Gasteiger partial charge in [0, 0.05) is 24.4 Å². The molecule has 94 valence electrons. The fraction of sp³-hybridized carbons (Fsp3) is 0.200. The number of hydrogen-bond donors (Lipinski definition) is 1. The first-order valence-electron chi connectivity index (χ1n) is 5.78. The third kappa shape index (κ3) is 2.40. The minimum Gasteiger partial charge on any atom is -0.497 e. The van der Waals surface area contributed by atoms with Crippen molar-refractivity contribution in [2.45, 2.75) is 0 Å². The second-order valence-electron chi connectivity index (χ2n) is 3.89. The average Bonchev–Trinajstić information content (AvgIpc) is 2.46. The predicted molar refractivity (Wildman–Crippen MR) is 74.5 cm³/mol. The molecule has 0 saturated heterocycles. The molecule has 2 aromatic rings. The second kappa shape index (κ2) is 5.45. The van der Waals surface area contributed by atoms with Crippen LogP contribution in [0.25, 0.3) is 11.1 Å². The monoisotopic (exact) mass is 243 g/mol. The van der Waals surface area contributed by atoms with E-state index in [-0.39, 0.29) is 0 Å². The Morgan fingerprint density at radius 2 is 1.44 bits per heavy atom. The van der Waals surface area contributed by atoms with Crippen molar-refractivity contribution in [1.82, 2.24) is 0 Å². The fourth-order valence-corrected chi connectivity index (χ4v) is 1.88. The van der Waals surface area contributed by atoms with E-state index in [4.69, 9.17) is 9.47 Å². The molecule has 18 heavy (non-hydrogen) atoms. The van der Waals surface area contributed by atoms with E-state index in [9.17, 15) is 0 Å². The van der Waals surface area contributed by atoms with Crippen molar-refractivity contribution in [3.8, 4) is 22.6 Å². The lowest BCUT2D eigenvalue weighted by Crippen LogP contribution is -1.93. The smallest absolute Gasteiger partial charge is 0.120 e. The zero-order valence-electron chi connectivity index (χ0n) is 10.9. The van der Waals surface area contributed by atoms with Gasteiger partial charge in [-0.15, -0.1) is 0 Å². The number of anilines is 1. The standard InChI is InChI=1S/C15H17NO2/c1-16-15-10-13(18-3)8-9-14(15)11-4-6-12(17-2)7-5-11/h4-10,16H,1-3H3. The van der Waals surface area contributed by atoms with E-state index in [0.29, 0.717) is 0 Å². The van der Waals surface area contributed by atoms with Crippen molar-refractivity contribution in [1.29, 1.82) is 0 Å². The molecule has 3 heteroatoms. The van der Waals surface area contributed by atoms with Gasteiger partial charge in [0.2, 0.25) is 0 Å².